The van der Waals surface area contributed by atoms with Crippen molar-refractivity contribution in [3.8, 4) is 0 Å². The van der Waals surface area contributed by atoms with Gasteiger partial charge in [0.1, 0.15) is 67.1 Å². The monoisotopic (exact) mass is 993 g/mol. The van der Waals surface area contributed by atoms with Crippen molar-refractivity contribution in [2.75, 3.05) is 20.3 Å². The van der Waals surface area contributed by atoms with Gasteiger partial charge in [0.15, 0.2) is 12.6 Å². The van der Waals surface area contributed by atoms with Gasteiger partial charge in [-0.3, -0.25) is 0 Å². The molecule has 3 aliphatic heterocycles. The Balaban J connectivity index is 1.20. The van der Waals surface area contributed by atoms with E-state index in [1.165, 1.54) is 7.11 Å². The van der Waals surface area contributed by atoms with Crippen LogP contribution >= 0.6 is 0 Å². The lowest BCUT2D eigenvalue weighted by Crippen LogP contribution is -2.68. The van der Waals surface area contributed by atoms with Crippen molar-refractivity contribution in [2.24, 2.45) is 0 Å². The molecule has 0 radical (unpaired) electrons. The molecule has 0 bridgehead atoms. The van der Waals surface area contributed by atoms with Crippen LogP contribution in [0.4, 0.5) is 4.79 Å². The fraction of sp³-hybridized carbons (Fsp3) is 0.446. The number of carbonyl (C=O) groups is 1. The molecular formula is C56H67NO15. The maximum atomic E-state index is 12.7. The van der Waals surface area contributed by atoms with Gasteiger partial charge in [-0.15, -0.1) is 0 Å². The molecule has 3 saturated heterocycles. The van der Waals surface area contributed by atoms with Crippen LogP contribution in [0.1, 0.15) is 41.7 Å². The van der Waals surface area contributed by atoms with Crippen LogP contribution in [-0.4, -0.2) is 134 Å². The fourth-order valence-electron chi connectivity index (χ4n) is 9.27. The van der Waals surface area contributed by atoms with E-state index in [0.717, 1.165) is 27.8 Å². The van der Waals surface area contributed by atoms with Crippen LogP contribution < -0.4 is 5.32 Å². The molecule has 0 aliphatic carbocycles. The standard InChI is InChI=1S/C56H67NO15/c1-36-48(64-31-39-21-11-5-12-22-39)52(49(37(2)68-36)71-54-45(57-56(61)62-3)47(60)46(59)43(29-58)69-54)72-55-53(67-34-42-27-17-8-18-28-42)51(66-33-41-25-15-7-16-26-41)50(65-32-40-23-13-6-14-24-40)44(70-55)35-63-30-38-19-9-4-10-20-38/h4-28,36-37,43-55,58-60H,29-35H2,1-3H3,(H,57,61)/t36?,37-,43?,44-,45?,46+,47+,48-,49?,50+,51?,52-,53?,54-,55+/m0/s1. The SMILES string of the molecule is COC(=O)NC1[C@H](OC2[C@H](C)OC(C)[C@H](OCc3ccccc3)[C@@H]2O[C@H]2O[C@@H](COCc3ccccc3)[C@@H](OCc3ccccc3)C(OCc3ccccc3)C2OCc2ccccc2)OC(CO)[C@@H](O)[C@@H]1O. The number of rotatable bonds is 22. The number of alkyl carbamates (subject to hydrolysis) is 1. The molecule has 72 heavy (non-hydrogen) atoms. The first-order valence-electron chi connectivity index (χ1n) is 24.5. The Morgan fingerprint density at radius 3 is 1.39 bits per heavy atom. The smallest absolute Gasteiger partial charge is 0.407 e. The topological polar surface area (TPSA) is 191 Å². The number of hydrogen-bond donors (Lipinski definition) is 4. The van der Waals surface area contributed by atoms with Crippen LogP contribution in [0.25, 0.3) is 0 Å². The van der Waals surface area contributed by atoms with E-state index in [-0.39, 0.29) is 33.0 Å². The second-order valence-electron chi connectivity index (χ2n) is 18.2. The molecule has 3 heterocycles. The number of benzene rings is 5. The zero-order chi connectivity index (χ0) is 50.2. The van der Waals surface area contributed by atoms with Crippen LogP contribution in [0.15, 0.2) is 152 Å². The third-order valence-corrected chi connectivity index (χ3v) is 13.1. The van der Waals surface area contributed by atoms with Gasteiger partial charge in [0.2, 0.25) is 0 Å². The first kappa shape index (κ1) is 53.2. The van der Waals surface area contributed by atoms with Crippen molar-refractivity contribution in [3.63, 3.8) is 0 Å². The van der Waals surface area contributed by atoms with E-state index in [1.54, 1.807) is 6.92 Å². The molecule has 6 unspecified atom stereocenters. The third kappa shape index (κ3) is 14.1. The molecule has 16 nitrogen and oxygen atoms in total. The Morgan fingerprint density at radius 2 is 0.903 bits per heavy atom. The number of hydrogen-bond acceptors (Lipinski definition) is 15. The zero-order valence-electron chi connectivity index (χ0n) is 40.8. The average Bonchev–Trinajstić information content (AvgIpc) is 3.41. The average molecular weight is 994 g/mol. The van der Waals surface area contributed by atoms with Gasteiger partial charge in [-0.1, -0.05) is 152 Å². The molecule has 8 rings (SSSR count). The molecule has 1 amide bonds. The number of carbonyl (C=O) groups excluding carboxylic acids is 1. The normalized spacial score (nSPS) is 30.6. The van der Waals surface area contributed by atoms with E-state index in [0.29, 0.717) is 6.61 Å². The Hall–Kier alpha value is -5.15. The summed E-state index contributed by atoms with van der Waals surface area (Å²) in [4.78, 5) is 12.7. The van der Waals surface area contributed by atoms with Gasteiger partial charge < -0.3 is 72.7 Å². The summed E-state index contributed by atoms with van der Waals surface area (Å²) in [6, 6.07) is 47.6. The maximum absolute atomic E-state index is 12.7. The first-order valence-corrected chi connectivity index (χ1v) is 24.5. The number of ether oxygens (including phenoxy) is 11. The number of amides is 1. The molecule has 4 N–H and O–H groups in total. The van der Waals surface area contributed by atoms with E-state index in [1.807, 2.05) is 159 Å². The lowest BCUT2D eigenvalue weighted by atomic mass is 9.93. The Kier molecular flexibility index (Phi) is 19.7. The first-order chi connectivity index (χ1) is 35.2. The number of nitrogens with one attached hydrogen (secondary N) is 1. The minimum Gasteiger partial charge on any atom is -0.453 e. The third-order valence-electron chi connectivity index (χ3n) is 13.1. The minimum atomic E-state index is -1.65. The van der Waals surface area contributed by atoms with Gasteiger partial charge in [-0.05, 0) is 41.7 Å². The molecule has 15 atom stereocenters. The van der Waals surface area contributed by atoms with Crippen molar-refractivity contribution >= 4 is 6.09 Å². The van der Waals surface area contributed by atoms with E-state index >= 15 is 0 Å². The molecule has 5 aromatic carbocycles. The van der Waals surface area contributed by atoms with E-state index in [9.17, 15) is 20.1 Å². The van der Waals surface area contributed by atoms with Crippen LogP contribution in [0.2, 0.25) is 0 Å². The van der Waals surface area contributed by atoms with E-state index in [2.05, 4.69) is 5.32 Å². The predicted octanol–water partition coefficient (Wildman–Crippen LogP) is 6.01. The molecule has 0 aromatic heterocycles. The molecular weight excluding hydrogens is 927 g/mol. The number of aliphatic hydroxyl groups is 3. The Bertz CT molecular complexity index is 2320. The highest BCUT2D eigenvalue weighted by Gasteiger charge is 2.55. The second kappa shape index (κ2) is 26.7. The van der Waals surface area contributed by atoms with Crippen molar-refractivity contribution in [3.05, 3.63) is 179 Å². The van der Waals surface area contributed by atoms with Gasteiger partial charge in [0, 0.05) is 0 Å². The van der Waals surface area contributed by atoms with Crippen LogP contribution in [-0.2, 0) is 85.1 Å². The number of methoxy groups -OCH3 is 1. The van der Waals surface area contributed by atoms with Gasteiger partial charge in [0.05, 0.1) is 65.6 Å². The van der Waals surface area contributed by atoms with Crippen LogP contribution in [0, 0.1) is 0 Å². The van der Waals surface area contributed by atoms with Gasteiger partial charge >= 0.3 is 6.09 Å². The summed E-state index contributed by atoms with van der Waals surface area (Å²) in [5.74, 6) is 0. The lowest BCUT2D eigenvalue weighted by molar-refractivity contribution is -0.373. The minimum absolute atomic E-state index is 0.0683. The molecule has 5 aromatic rings. The fourth-order valence-corrected chi connectivity index (χ4v) is 9.27. The highest BCUT2D eigenvalue weighted by Crippen LogP contribution is 2.37. The van der Waals surface area contributed by atoms with Gasteiger partial charge in [-0.25, -0.2) is 4.79 Å². The highest BCUT2D eigenvalue weighted by atomic mass is 16.8. The zero-order valence-corrected chi connectivity index (χ0v) is 40.8. The van der Waals surface area contributed by atoms with Crippen molar-refractivity contribution in [1.82, 2.24) is 5.32 Å². The van der Waals surface area contributed by atoms with Crippen molar-refractivity contribution in [2.45, 2.75) is 139 Å². The van der Waals surface area contributed by atoms with Gasteiger partial charge in [0.25, 0.3) is 0 Å². The lowest BCUT2D eigenvalue weighted by Gasteiger charge is -2.51. The summed E-state index contributed by atoms with van der Waals surface area (Å²) in [7, 11) is 1.17. The molecule has 0 spiro atoms. The quantitative estimate of drug-likeness (QED) is 0.0630. The predicted molar refractivity (Wildman–Crippen MR) is 262 cm³/mol. The summed E-state index contributed by atoms with van der Waals surface area (Å²) < 4.78 is 73.0. The van der Waals surface area contributed by atoms with Gasteiger partial charge in [-0.2, -0.15) is 0 Å². The maximum Gasteiger partial charge on any atom is 0.407 e. The number of aliphatic hydroxyl groups excluding tert-OH is 3. The molecule has 0 saturated carbocycles. The van der Waals surface area contributed by atoms with Crippen LogP contribution in [0.5, 0.6) is 0 Å². The summed E-state index contributed by atoms with van der Waals surface area (Å²) >= 11 is 0. The van der Waals surface area contributed by atoms with E-state index in [4.69, 9.17) is 52.1 Å². The summed E-state index contributed by atoms with van der Waals surface area (Å²) in [5, 5.41) is 35.2. The Labute approximate surface area is 420 Å². The Morgan fingerprint density at radius 1 is 0.486 bits per heavy atom. The second-order valence-corrected chi connectivity index (χ2v) is 18.2. The highest BCUT2D eigenvalue weighted by molar-refractivity contribution is 5.67. The summed E-state index contributed by atoms with van der Waals surface area (Å²) in [6.07, 6.45) is -15.8. The molecule has 3 fully saturated rings. The summed E-state index contributed by atoms with van der Waals surface area (Å²) in [5.41, 5.74) is 4.62. The van der Waals surface area contributed by atoms with Crippen LogP contribution in [0.3, 0.4) is 0 Å². The van der Waals surface area contributed by atoms with Crippen molar-refractivity contribution < 1.29 is 72.2 Å². The summed E-state index contributed by atoms with van der Waals surface area (Å²) in [6.45, 7) is 4.11. The molecule has 3 aliphatic rings. The van der Waals surface area contributed by atoms with Crippen molar-refractivity contribution in [1.29, 1.82) is 0 Å². The largest absolute Gasteiger partial charge is 0.453 e. The molecule has 16 heteroatoms. The van der Waals surface area contributed by atoms with E-state index < -0.39 is 105 Å². The molecule has 386 valence electrons.